The Hall–Kier alpha value is -2.34. The summed E-state index contributed by atoms with van der Waals surface area (Å²) in [7, 11) is 0. The Morgan fingerprint density at radius 2 is 1.11 bits per heavy atom. The van der Waals surface area contributed by atoms with Gasteiger partial charge in [-0.3, -0.25) is 0 Å². The maximum absolute atomic E-state index is 2.40. The van der Waals surface area contributed by atoms with E-state index in [0.717, 1.165) is 0 Å². The largest absolute Gasteiger partial charge is 0.0654 e. The zero-order valence-corrected chi connectivity index (χ0v) is 17.8. The van der Waals surface area contributed by atoms with E-state index in [2.05, 4.69) is 87.5 Å². The summed E-state index contributed by atoms with van der Waals surface area (Å²) in [5.41, 5.74) is 10.1. The third-order valence-corrected chi connectivity index (χ3v) is 5.60. The normalized spacial score (nSPS) is 11.0. The fraction of sp³-hybridized carbons (Fsp3) is 0.357. The van der Waals surface area contributed by atoms with Gasteiger partial charge in [-0.15, -0.1) is 0 Å². The summed E-state index contributed by atoms with van der Waals surface area (Å²) >= 11 is 0. The third-order valence-electron chi connectivity index (χ3n) is 5.60. The van der Waals surface area contributed by atoms with E-state index in [1.54, 1.807) is 11.1 Å². The molecule has 3 aromatic rings. The van der Waals surface area contributed by atoms with Crippen LogP contribution in [0.15, 0.2) is 66.7 Å². The first-order valence-electron chi connectivity index (χ1n) is 11.1. The van der Waals surface area contributed by atoms with Crippen LogP contribution in [-0.4, -0.2) is 0 Å². The zero-order valence-electron chi connectivity index (χ0n) is 17.8. The average Bonchev–Trinajstić information content (AvgIpc) is 2.75. The van der Waals surface area contributed by atoms with Crippen molar-refractivity contribution in [2.45, 2.75) is 65.7 Å². The van der Waals surface area contributed by atoms with Crippen molar-refractivity contribution in [3.63, 3.8) is 0 Å². The lowest BCUT2D eigenvalue weighted by Gasteiger charge is -2.19. The predicted molar refractivity (Wildman–Crippen MR) is 124 cm³/mol. The molecule has 3 aromatic carbocycles. The maximum atomic E-state index is 2.40. The molecule has 0 amide bonds. The fourth-order valence-corrected chi connectivity index (χ4v) is 4.17. The van der Waals surface area contributed by atoms with Crippen LogP contribution in [0.1, 0.15) is 63.1 Å². The first-order valence-corrected chi connectivity index (χ1v) is 11.1. The van der Waals surface area contributed by atoms with Crippen LogP contribution in [0.5, 0.6) is 0 Å². The summed E-state index contributed by atoms with van der Waals surface area (Å²) in [6.07, 6.45) is 8.43. The highest BCUT2D eigenvalue weighted by molar-refractivity contribution is 5.75. The van der Waals surface area contributed by atoms with Crippen molar-refractivity contribution in [1.29, 1.82) is 0 Å². The van der Waals surface area contributed by atoms with E-state index in [0.29, 0.717) is 0 Å². The second-order valence-corrected chi connectivity index (χ2v) is 7.78. The predicted octanol–water partition coefficient (Wildman–Crippen LogP) is 8.27. The molecule has 0 nitrogen and oxygen atoms in total. The molecule has 0 aromatic heterocycles. The lowest BCUT2D eigenvalue weighted by Crippen LogP contribution is -2.02. The molecule has 0 heterocycles. The Morgan fingerprint density at radius 1 is 0.500 bits per heavy atom. The minimum atomic E-state index is 1.17. The molecule has 0 saturated heterocycles. The van der Waals surface area contributed by atoms with E-state index in [1.165, 1.54) is 72.8 Å². The number of rotatable bonds is 9. The average molecular weight is 371 g/mol. The van der Waals surface area contributed by atoms with Crippen molar-refractivity contribution < 1.29 is 0 Å². The van der Waals surface area contributed by atoms with Crippen LogP contribution in [0, 0.1) is 0 Å². The summed E-state index contributed by atoms with van der Waals surface area (Å²) in [6, 6.07) is 24.7. The molecule has 0 heteroatoms. The molecule has 28 heavy (non-hydrogen) atoms. The Morgan fingerprint density at radius 3 is 1.75 bits per heavy atom. The molecule has 0 aliphatic heterocycles. The smallest absolute Gasteiger partial charge is 0.0117 e. The molecule has 0 bridgehead atoms. The van der Waals surface area contributed by atoms with E-state index in [9.17, 15) is 0 Å². The topological polar surface area (TPSA) is 0 Å². The van der Waals surface area contributed by atoms with Crippen molar-refractivity contribution in [1.82, 2.24) is 0 Å². The van der Waals surface area contributed by atoms with Crippen molar-refractivity contribution >= 4 is 0 Å². The molecule has 0 saturated carbocycles. The highest BCUT2D eigenvalue weighted by Gasteiger charge is 2.14. The van der Waals surface area contributed by atoms with Gasteiger partial charge in [-0.1, -0.05) is 107 Å². The van der Waals surface area contributed by atoms with Crippen LogP contribution in [0.4, 0.5) is 0 Å². The zero-order chi connectivity index (χ0) is 19.8. The number of unbranched alkanes of at least 4 members (excludes halogenated alkanes) is 1. The van der Waals surface area contributed by atoms with Crippen molar-refractivity contribution in [2.24, 2.45) is 0 Å². The van der Waals surface area contributed by atoms with Gasteiger partial charge in [0.15, 0.2) is 0 Å². The van der Waals surface area contributed by atoms with Gasteiger partial charge in [-0.2, -0.15) is 0 Å². The van der Waals surface area contributed by atoms with Gasteiger partial charge in [-0.05, 0) is 64.6 Å². The standard InChI is InChI=1S/C28H34/c1-4-7-13-25-21-18-24(11-5-2)27(12-6-3)28(25)26-19-16-23(17-20-26)22-14-9-8-10-15-22/h8-10,14-21H,4-7,11-13H2,1-3H3. The van der Waals surface area contributed by atoms with Gasteiger partial charge in [0.25, 0.3) is 0 Å². The first kappa shape index (κ1) is 20.4. The Labute approximate surface area is 171 Å². The quantitative estimate of drug-likeness (QED) is 0.355. The molecule has 0 spiro atoms. The minimum Gasteiger partial charge on any atom is -0.0654 e. The van der Waals surface area contributed by atoms with Gasteiger partial charge in [0.1, 0.15) is 0 Å². The van der Waals surface area contributed by atoms with Crippen molar-refractivity contribution in [3.05, 3.63) is 83.4 Å². The Balaban J connectivity index is 2.07. The summed E-state index contributed by atoms with van der Waals surface area (Å²) < 4.78 is 0. The van der Waals surface area contributed by atoms with Crippen LogP contribution in [0.2, 0.25) is 0 Å². The van der Waals surface area contributed by atoms with E-state index < -0.39 is 0 Å². The summed E-state index contributed by atoms with van der Waals surface area (Å²) in [6.45, 7) is 6.87. The molecule has 3 rings (SSSR count). The van der Waals surface area contributed by atoms with Gasteiger partial charge in [0, 0.05) is 0 Å². The van der Waals surface area contributed by atoms with Crippen molar-refractivity contribution in [2.75, 3.05) is 0 Å². The molecule has 146 valence electrons. The molecule has 0 aliphatic rings. The summed E-state index contributed by atoms with van der Waals surface area (Å²) in [5.74, 6) is 0. The second kappa shape index (κ2) is 10.3. The number of hydrogen-bond acceptors (Lipinski definition) is 0. The third kappa shape index (κ3) is 4.73. The van der Waals surface area contributed by atoms with Crippen molar-refractivity contribution in [3.8, 4) is 22.3 Å². The van der Waals surface area contributed by atoms with Crippen LogP contribution in [-0.2, 0) is 19.3 Å². The van der Waals surface area contributed by atoms with E-state index >= 15 is 0 Å². The Kier molecular flexibility index (Phi) is 7.48. The van der Waals surface area contributed by atoms with E-state index in [4.69, 9.17) is 0 Å². The minimum absolute atomic E-state index is 1.17. The van der Waals surface area contributed by atoms with E-state index in [-0.39, 0.29) is 0 Å². The monoisotopic (exact) mass is 370 g/mol. The lowest BCUT2D eigenvalue weighted by atomic mass is 9.85. The van der Waals surface area contributed by atoms with Gasteiger partial charge < -0.3 is 0 Å². The molecule has 0 unspecified atom stereocenters. The van der Waals surface area contributed by atoms with Gasteiger partial charge in [0.2, 0.25) is 0 Å². The van der Waals surface area contributed by atoms with Crippen LogP contribution in [0.3, 0.4) is 0 Å². The highest BCUT2D eigenvalue weighted by atomic mass is 14.2. The maximum Gasteiger partial charge on any atom is -0.0117 e. The molecule has 0 aliphatic carbocycles. The highest BCUT2D eigenvalue weighted by Crippen LogP contribution is 2.34. The van der Waals surface area contributed by atoms with Gasteiger partial charge in [0.05, 0.1) is 0 Å². The molecular formula is C28H34. The van der Waals surface area contributed by atoms with Gasteiger partial charge >= 0.3 is 0 Å². The van der Waals surface area contributed by atoms with E-state index in [1.807, 2.05) is 0 Å². The molecule has 0 fully saturated rings. The van der Waals surface area contributed by atoms with Crippen LogP contribution >= 0.6 is 0 Å². The molecule has 0 radical (unpaired) electrons. The number of hydrogen-bond donors (Lipinski definition) is 0. The first-order chi connectivity index (χ1) is 13.8. The summed E-state index contributed by atoms with van der Waals surface area (Å²) in [5, 5.41) is 0. The van der Waals surface area contributed by atoms with Crippen LogP contribution in [0.25, 0.3) is 22.3 Å². The van der Waals surface area contributed by atoms with Gasteiger partial charge in [-0.25, -0.2) is 0 Å². The lowest BCUT2D eigenvalue weighted by molar-refractivity contribution is 0.791. The fourth-order valence-electron chi connectivity index (χ4n) is 4.17. The molecule has 0 atom stereocenters. The molecule has 0 N–H and O–H groups in total. The number of aryl methyl sites for hydroxylation is 2. The summed E-state index contributed by atoms with van der Waals surface area (Å²) in [4.78, 5) is 0. The SMILES string of the molecule is CCCCc1ccc(CCC)c(CCC)c1-c1ccc(-c2ccccc2)cc1. The second-order valence-electron chi connectivity index (χ2n) is 7.78. The number of benzene rings is 3. The molecular weight excluding hydrogens is 336 g/mol. The van der Waals surface area contributed by atoms with Crippen LogP contribution < -0.4 is 0 Å². The Bertz CT molecular complexity index is 857.